The maximum atomic E-state index is 12.5. The van der Waals surface area contributed by atoms with Crippen LogP contribution in [0, 0.1) is 0 Å². The highest BCUT2D eigenvalue weighted by atomic mass is 35.5. The van der Waals surface area contributed by atoms with Crippen molar-refractivity contribution in [3.05, 3.63) is 76.3 Å². The average Bonchev–Trinajstić information content (AvgIpc) is 2.75. The molecule has 2 aromatic rings. The zero-order valence-electron chi connectivity index (χ0n) is 17.1. The molecule has 1 aliphatic heterocycles. The van der Waals surface area contributed by atoms with E-state index in [0.29, 0.717) is 28.5 Å². The maximum Gasteiger partial charge on any atom is 0.265 e. The molecule has 1 aliphatic rings. The minimum Gasteiger partial charge on any atom is -0.493 e. The van der Waals surface area contributed by atoms with Crippen molar-refractivity contribution in [2.45, 2.75) is 13.0 Å². The van der Waals surface area contributed by atoms with Crippen LogP contribution in [0.5, 0.6) is 11.5 Å². The van der Waals surface area contributed by atoms with Crippen LogP contribution < -0.4 is 14.8 Å². The van der Waals surface area contributed by atoms with E-state index >= 15 is 0 Å². The summed E-state index contributed by atoms with van der Waals surface area (Å²) in [7, 11) is 3.03. The molecule has 1 saturated heterocycles. The van der Waals surface area contributed by atoms with Crippen LogP contribution in [0.1, 0.15) is 16.7 Å². The second-order valence-electron chi connectivity index (χ2n) is 6.77. The number of methoxy groups -OCH3 is 1. The Balaban J connectivity index is 1.99. The Hall–Kier alpha value is -3.16. The van der Waals surface area contributed by atoms with Crippen LogP contribution in [0.4, 0.5) is 0 Å². The smallest absolute Gasteiger partial charge is 0.265 e. The lowest BCUT2D eigenvalue weighted by Gasteiger charge is -2.25. The third-order valence-electron chi connectivity index (χ3n) is 4.68. The highest BCUT2D eigenvalue weighted by Crippen LogP contribution is 2.35. The highest BCUT2D eigenvalue weighted by Gasteiger charge is 2.30. The van der Waals surface area contributed by atoms with Gasteiger partial charge in [0.05, 0.1) is 7.11 Å². The fraction of sp³-hybridized carbons (Fsp3) is 0.174. The van der Waals surface area contributed by atoms with Crippen molar-refractivity contribution < 1.29 is 19.1 Å². The van der Waals surface area contributed by atoms with E-state index in [1.165, 1.54) is 25.1 Å². The van der Waals surface area contributed by atoms with Gasteiger partial charge < -0.3 is 9.47 Å². The average molecular weight is 457 g/mol. The molecule has 0 unspecified atom stereocenters. The first-order valence-corrected chi connectivity index (χ1v) is 10.2. The Kier molecular flexibility index (Phi) is 7.09. The SMILES string of the molecule is C=CCc1cc(/C=C2\C(=O)NC(=S)N(C)C2=O)cc(OC)c1OCc1ccccc1Cl. The molecular formula is C23H21ClN2O4S. The van der Waals surface area contributed by atoms with Crippen molar-refractivity contribution >= 4 is 46.8 Å². The number of amides is 2. The van der Waals surface area contributed by atoms with E-state index in [4.69, 9.17) is 33.3 Å². The molecule has 8 heteroatoms. The zero-order valence-corrected chi connectivity index (χ0v) is 18.7. The molecule has 1 heterocycles. The summed E-state index contributed by atoms with van der Waals surface area (Å²) >= 11 is 11.2. The second-order valence-corrected chi connectivity index (χ2v) is 7.56. The Morgan fingerprint density at radius 1 is 1.23 bits per heavy atom. The number of thiocarbonyl (C=S) groups is 1. The summed E-state index contributed by atoms with van der Waals surface area (Å²) in [5, 5.41) is 3.18. The predicted molar refractivity (Wildman–Crippen MR) is 124 cm³/mol. The molecule has 1 fully saturated rings. The van der Waals surface area contributed by atoms with Gasteiger partial charge in [-0.25, -0.2) is 0 Å². The second kappa shape index (κ2) is 9.76. The molecule has 160 valence electrons. The Morgan fingerprint density at radius 3 is 2.65 bits per heavy atom. The molecule has 2 amide bonds. The van der Waals surface area contributed by atoms with E-state index in [0.717, 1.165) is 11.1 Å². The van der Waals surface area contributed by atoms with Crippen LogP contribution in [0.2, 0.25) is 5.02 Å². The van der Waals surface area contributed by atoms with Gasteiger partial charge >= 0.3 is 0 Å². The molecule has 6 nitrogen and oxygen atoms in total. The van der Waals surface area contributed by atoms with Gasteiger partial charge in [0, 0.05) is 23.2 Å². The van der Waals surface area contributed by atoms with Gasteiger partial charge in [-0.15, -0.1) is 6.58 Å². The number of carbonyl (C=O) groups is 2. The summed E-state index contributed by atoms with van der Waals surface area (Å²) in [4.78, 5) is 26.0. The van der Waals surface area contributed by atoms with Crippen molar-refractivity contribution in [2.75, 3.05) is 14.2 Å². The third kappa shape index (κ3) is 4.95. The molecular weight excluding hydrogens is 436 g/mol. The number of benzene rings is 2. The molecule has 0 aromatic heterocycles. The number of halogens is 1. The normalized spacial score (nSPS) is 15.1. The van der Waals surface area contributed by atoms with Crippen molar-refractivity contribution in [2.24, 2.45) is 0 Å². The van der Waals surface area contributed by atoms with E-state index in [-0.39, 0.29) is 17.3 Å². The summed E-state index contributed by atoms with van der Waals surface area (Å²) in [5.74, 6) is -0.0126. The number of allylic oxidation sites excluding steroid dienone is 1. The fourth-order valence-electron chi connectivity index (χ4n) is 3.07. The number of carbonyl (C=O) groups excluding carboxylic acids is 2. The first-order chi connectivity index (χ1) is 14.8. The highest BCUT2D eigenvalue weighted by molar-refractivity contribution is 7.80. The first-order valence-electron chi connectivity index (χ1n) is 9.38. The summed E-state index contributed by atoms with van der Waals surface area (Å²) in [5.41, 5.74) is 2.22. The minimum absolute atomic E-state index is 0.0209. The van der Waals surface area contributed by atoms with Crippen molar-refractivity contribution in [1.29, 1.82) is 0 Å². The Bertz CT molecular complexity index is 1100. The molecule has 2 aromatic carbocycles. The summed E-state index contributed by atoms with van der Waals surface area (Å²) in [6.07, 6.45) is 3.73. The van der Waals surface area contributed by atoms with Gasteiger partial charge in [0.25, 0.3) is 11.8 Å². The lowest BCUT2D eigenvalue weighted by Crippen LogP contribution is -2.52. The van der Waals surface area contributed by atoms with Crippen LogP contribution in [-0.2, 0) is 22.6 Å². The standard InChI is InChI=1S/C23H21ClN2O4S/c1-4-7-15-10-14(11-17-21(27)25-23(31)26(2)22(17)28)12-19(29-3)20(15)30-13-16-8-5-6-9-18(16)24/h4-6,8-12H,1,7,13H2,2-3H3,(H,25,27,31)/b17-11+. The van der Waals surface area contributed by atoms with E-state index in [1.54, 1.807) is 18.2 Å². The van der Waals surface area contributed by atoms with Crippen LogP contribution in [-0.4, -0.2) is 36.0 Å². The lowest BCUT2D eigenvalue weighted by atomic mass is 10.0. The number of likely N-dealkylation sites (N-methyl/N-ethyl adjacent to an activating group) is 1. The first kappa shape index (κ1) is 22.5. The van der Waals surface area contributed by atoms with Crippen LogP contribution in [0.3, 0.4) is 0 Å². The quantitative estimate of drug-likeness (QED) is 0.296. The van der Waals surface area contributed by atoms with E-state index < -0.39 is 11.8 Å². The number of ether oxygens (including phenoxy) is 2. The minimum atomic E-state index is -0.545. The Labute approximate surface area is 191 Å². The van der Waals surface area contributed by atoms with Crippen LogP contribution in [0.25, 0.3) is 6.08 Å². The Morgan fingerprint density at radius 2 is 1.97 bits per heavy atom. The number of hydrogen-bond donors (Lipinski definition) is 1. The zero-order chi connectivity index (χ0) is 22.5. The van der Waals surface area contributed by atoms with E-state index in [2.05, 4.69) is 11.9 Å². The predicted octanol–water partition coefficient (Wildman–Crippen LogP) is 3.91. The molecule has 31 heavy (non-hydrogen) atoms. The van der Waals surface area contributed by atoms with Gasteiger partial charge in [-0.1, -0.05) is 35.9 Å². The summed E-state index contributed by atoms with van der Waals surface area (Å²) in [6.45, 7) is 4.05. The van der Waals surface area contributed by atoms with Crippen molar-refractivity contribution in [3.8, 4) is 11.5 Å². The molecule has 0 spiro atoms. The number of hydrogen-bond acceptors (Lipinski definition) is 5. The van der Waals surface area contributed by atoms with Crippen molar-refractivity contribution in [3.63, 3.8) is 0 Å². The third-order valence-corrected chi connectivity index (χ3v) is 5.43. The van der Waals surface area contributed by atoms with Crippen LogP contribution >= 0.6 is 23.8 Å². The fourth-order valence-corrected chi connectivity index (χ4v) is 3.43. The number of nitrogens with one attached hydrogen (secondary N) is 1. The van der Waals surface area contributed by atoms with Gasteiger partial charge in [0.2, 0.25) is 0 Å². The maximum absolute atomic E-state index is 12.5. The van der Waals surface area contributed by atoms with E-state index in [1.807, 2.05) is 24.3 Å². The van der Waals surface area contributed by atoms with Gasteiger partial charge in [0.1, 0.15) is 12.2 Å². The number of nitrogens with zero attached hydrogens (tertiary/aromatic N) is 1. The molecule has 3 rings (SSSR count). The molecule has 0 bridgehead atoms. The van der Waals surface area contributed by atoms with Gasteiger partial charge in [-0.2, -0.15) is 0 Å². The van der Waals surface area contributed by atoms with E-state index in [9.17, 15) is 9.59 Å². The molecule has 0 saturated carbocycles. The number of rotatable bonds is 7. The largest absolute Gasteiger partial charge is 0.493 e. The summed E-state index contributed by atoms with van der Waals surface area (Å²) < 4.78 is 11.6. The lowest BCUT2D eigenvalue weighted by molar-refractivity contribution is -0.128. The van der Waals surface area contributed by atoms with Gasteiger partial charge in [-0.3, -0.25) is 19.8 Å². The van der Waals surface area contributed by atoms with Gasteiger partial charge in [-0.05, 0) is 48.5 Å². The topological polar surface area (TPSA) is 67.9 Å². The van der Waals surface area contributed by atoms with Gasteiger partial charge in [0.15, 0.2) is 16.6 Å². The molecule has 0 aliphatic carbocycles. The monoisotopic (exact) mass is 456 g/mol. The van der Waals surface area contributed by atoms with Crippen LogP contribution in [0.15, 0.2) is 54.6 Å². The molecule has 0 atom stereocenters. The molecule has 0 radical (unpaired) electrons. The molecule has 1 N–H and O–H groups in total. The van der Waals surface area contributed by atoms with Crippen molar-refractivity contribution in [1.82, 2.24) is 10.2 Å². The summed E-state index contributed by atoms with van der Waals surface area (Å²) in [6, 6.07) is 10.9.